The second-order valence-electron chi connectivity index (χ2n) is 5.40. The van der Waals surface area contributed by atoms with Gasteiger partial charge in [-0.05, 0) is 12.3 Å². The smallest absolute Gasteiger partial charge is 0.191 e. The van der Waals surface area contributed by atoms with E-state index in [-0.39, 0.29) is 0 Å². The highest BCUT2D eigenvalue weighted by atomic mass is 32.1. The Morgan fingerprint density at radius 2 is 2.14 bits per heavy atom. The fraction of sp³-hybridized carbons (Fsp3) is 0.375. The van der Waals surface area contributed by atoms with Gasteiger partial charge in [0.15, 0.2) is 5.96 Å². The third-order valence-corrected chi connectivity index (χ3v) is 4.60. The van der Waals surface area contributed by atoms with Crippen LogP contribution in [0.3, 0.4) is 0 Å². The van der Waals surface area contributed by atoms with Crippen molar-refractivity contribution in [2.24, 2.45) is 10.9 Å². The maximum absolute atomic E-state index is 4.67. The number of guanidine groups is 1. The van der Waals surface area contributed by atoms with Gasteiger partial charge in [-0.3, -0.25) is 4.99 Å². The average molecular weight is 300 g/mol. The molecule has 2 aromatic rings. The van der Waals surface area contributed by atoms with Crippen LogP contribution < -0.4 is 10.6 Å². The minimum absolute atomic E-state index is 0.575. The molecule has 0 bridgehead atoms. The molecule has 1 aliphatic rings. The van der Waals surface area contributed by atoms with Crippen molar-refractivity contribution in [3.05, 3.63) is 41.4 Å². The van der Waals surface area contributed by atoms with Gasteiger partial charge >= 0.3 is 0 Å². The van der Waals surface area contributed by atoms with Crippen LogP contribution in [0.4, 0.5) is 0 Å². The third-order valence-electron chi connectivity index (χ3n) is 3.66. The van der Waals surface area contributed by atoms with Gasteiger partial charge in [0.25, 0.3) is 0 Å². The molecule has 2 atom stereocenters. The molecule has 1 aromatic heterocycles. The van der Waals surface area contributed by atoms with Gasteiger partial charge in [-0.2, -0.15) is 0 Å². The van der Waals surface area contributed by atoms with Crippen molar-refractivity contribution in [2.45, 2.75) is 25.9 Å². The molecule has 4 nitrogen and oxygen atoms in total. The normalized spacial score (nSPS) is 21.1. The Hall–Kier alpha value is -1.88. The van der Waals surface area contributed by atoms with E-state index < -0.39 is 0 Å². The van der Waals surface area contributed by atoms with Crippen molar-refractivity contribution in [3.63, 3.8) is 0 Å². The summed E-state index contributed by atoms with van der Waals surface area (Å²) in [4.78, 5) is 8.92. The van der Waals surface area contributed by atoms with E-state index in [1.54, 1.807) is 18.4 Å². The summed E-state index contributed by atoms with van der Waals surface area (Å²) < 4.78 is 0. The van der Waals surface area contributed by atoms with Crippen LogP contribution in [0.1, 0.15) is 19.0 Å². The summed E-state index contributed by atoms with van der Waals surface area (Å²) in [6.07, 6.45) is 1.23. The molecular formula is C16H20N4S. The van der Waals surface area contributed by atoms with Gasteiger partial charge in [0.05, 0.1) is 12.2 Å². The molecule has 110 valence electrons. The van der Waals surface area contributed by atoms with Gasteiger partial charge in [0, 0.05) is 24.0 Å². The summed E-state index contributed by atoms with van der Waals surface area (Å²) in [6, 6.07) is 10.9. The van der Waals surface area contributed by atoms with Crippen molar-refractivity contribution in [1.82, 2.24) is 15.6 Å². The lowest BCUT2D eigenvalue weighted by Gasteiger charge is -2.10. The minimum atomic E-state index is 0.575. The van der Waals surface area contributed by atoms with Crippen LogP contribution in [-0.2, 0) is 6.54 Å². The topological polar surface area (TPSA) is 49.3 Å². The van der Waals surface area contributed by atoms with Gasteiger partial charge in [-0.25, -0.2) is 4.98 Å². The Morgan fingerprint density at radius 1 is 1.38 bits per heavy atom. The van der Waals surface area contributed by atoms with E-state index in [4.69, 9.17) is 0 Å². The number of nitrogens with zero attached hydrogens (tertiary/aromatic N) is 2. The molecule has 0 amide bonds. The summed E-state index contributed by atoms with van der Waals surface area (Å²) in [5, 5.41) is 9.90. The van der Waals surface area contributed by atoms with Gasteiger partial charge < -0.3 is 10.6 Å². The zero-order valence-corrected chi connectivity index (χ0v) is 13.2. The maximum atomic E-state index is 4.67. The molecule has 2 unspecified atom stereocenters. The molecule has 21 heavy (non-hydrogen) atoms. The van der Waals surface area contributed by atoms with E-state index in [9.17, 15) is 0 Å². The highest BCUT2D eigenvalue weighted by molar-refractivity contribution is 7.13. The first-order valence-electron chi connectivity index (χ1n) is 7.23. The summed E-state index contributed by atoms with van der Waals surface area (Å²) in [5.74, 6) is 1.62. The first kappa shape index (κ1) is 14.1. The average Bonchev–Trinajstić information content (AvgIpc) is 3.02. The summed E-state index contributed by atoms with van der Waals surface area (Å²) >= 11 is 1.68. The van der Waals surface area contributed by atoms with Crippen molar-refractivity contribution in [3.8, 4) is 10.6 Å². The van der Waals surface area contributed by atoms with Crippen LogP contribution in [0.5, 0.6) is 0 Å². The summed E-state index contributed by atoms with van der Waals surface area (Å²) in [5.41, 5.74) is 2.22. The maximum Gasteiger partial charge on any atom is 0.191 e. The van der Waals surface area contributed by atoms with Crippen LogP contribution in [0, 0.1) is 5.92 Å². The zero-order chi connectivity index (χ0) is 14.7. The first-order valence-corrected chi connectivity index (χ1v) is 8.11. The van der Waals surface area contributed by atoms with E-state index in [1.807, 2.05) is 18.2 Å². The van der Waals surface area contributed by atoms with Crippen LogP contribution in [-0.4, -0.2) is 24.0 Å². The molecule has 0 saturated heterocycles. The largest absolute Gasteiger partial charge is 0.353 e. The molecule has 1 aromatic carbocycles. The van der Waals surface area contributed by atoms with E-state index in [0.29, 0.717) is 12.6 Å². The second kappa shape index (κ2) is 6.26. The van der Waals surface area contributed by atoms with E-state index in [1.165, 1.54) is 12.0 Å². The molecule has 0 aliphatic heterocycles. The predicted octanol–water partition coefficient (Wildman–Crippen LogP) is 2.88. The molecule has 2 N–H and O–H groups in total. The lowest BCUT2D eigenvalue weighted by Crippen LogP contribution is -2.38. The van der Waals surface area contributed by atoms with Crippen LogP contribution in [0.2, 0.25) is 0 Å². The predicted molar refractivity (Wildman–Crippen MR) is 88.5 cm³/mol. The molecule has 0 spiro atoms. The number of aliphatic imine (C=N–C) groups is 1. The highest BCUT2D eigenvalue weighted by Crippen LogP contribution is 2.28. The van der Waals surface area contributed by atoms with Crippen LogP contribution in [0.15, 0.2) is 40.7 Å². The molecule has 1 aliphatic carbocycles. The Bertz CT molecular complexity index is 620. The molecule has 5 heteroatoms. The standard InChI is InChI=1S/C16H20N4S/c1-11-8-14(11)20-16(17-2)18-9-13-10-21-15(19-13)12-6-4-3-5-7-12/h3-7,10-11,14H,8-9H2,1-2H3,(H2,17,18,20). The fourth-order valence-electron chi connectivity index (χ4n) is 2.17. The zero-order valence-electron chi connectivity index (χ0n) is 12.3. The van der Waals surface area contributed by atoms with Crippen molar-refractivity contribution in [2.75, 3.05) is 7.05 Å². The number of hydrogen-bond acceptors (Lipinski definition) is 3. The Balaban J connectivity index is 1.57. The third kappa shape index (κ3) is 3.61. The lowest BCUT2D eigenvalue weighted by atomic mass is 10.2. The van der Waals surface area contributed by atoms with Crippen molar-refractivity contribution >= 4 is 17.3 Å². The Kier molecular flexibility index (Phi) is 4.20. The number of nitrogens with one attached hydrogen (secondary N) is 2. The highest BCUT2D eigenvalue weighted by Gasteiger charge is 2.33. The minimum Gasteiger partial charge on any atom is -0.353 e. The summed E-state index contributed by atoms with van der Waals surface area (Å²) in [7, 11) is 1.80. The van der Waals surface area contributed by atoms with Crippen LogP contribution >= 0.6 is 11.3 Å². The van der Waals surface area contributed by atoms with Crippen molar-refractivity contribution < 1.29 is 0 Å². The van der Waals surface area contributed by atoms with E-state index in [2.05, 4.69) is 45.0 Å². The number of hydrogen-bond donors (Lipinski definition) is 2. The Labute approximate surface area is 129 Å². The van der Waals surface area contributed by atoms with Gasteiger partial charge in [-0.1, -0.05) is 37.3 Å². The van der Waals surface area contributed by atoms with E-state index in [0.717, 1.165) is 22.6 Å². The molecule has 0 radical (unpaired) electrons. The summed E-state index contributed by atoms with van der Waals surface area (Å²) in [6.45, 7) is 2.95. The quantitative estimate of drug-likeness (QED) is 0.674. The lowest BCUT2D eigenvalue weighted by molar-refractivity contribution is 0.758. The molecule has 1 heterocycles. The van der Waals surface area contributed by atoms with Gasteiger partial charge in [0.1, 0.15) is 5.01 Å². The number of aromatic nitrogens is 1. The molecular weight excluding hydrogens is 280 g/mol. The monoisotopic (exact) mass is 300 g/mol. The molecule has 3 rings (SSSR count). The SMILES string of the molecule is CN=C(NCc1csc(-c2ccccc2)n1)NC1CC1C. The first-order chi connectivity index (χ1) is 10.3. The fourth-order valence-corrected chi connectivity index (χ4v) is 3.00. The van der Waals surface area contributed by atoms with Crippen molar-refractivity contribution in [1.29, 1.82) is 0 Å². The second-order valence-corrected chi connectivity index (χ2v) is 6.26. The Morgan fingerprint density at radius 3 is 2.81 bits per heavy atom. The van der Waals surface area contributed by atoms with E-state index >= 15 is 0 Å². The number of thiazole rings is 1. The van der Waals surface area contributed by atoms with Gasteiger partial charge in [0.2, 0.25) is 0 Å². The van der Waals surface area contributed by atoms with Crippen LogP contribution in [0.25, 0.3) is 10.6 Å². The molecule has 1 fully saturated rings. The van der Waals surface area contributed by atoms with Gasteiger partial charge in [-0.15, -0.1) is 11.3 Å². The number of rotatable bonds is 4. The number of benzene rings is 1. The molecule has 1 saturated carbocycles.